The van der Waals surface area contributed by atoms with E-state index in [0.717, 1.165) is 59.1 Å². The Morgan fingerprint density at radius 3 is 1.10 bits per heavy atom. The van der Waals surface area contributed by atoms with Crippen molar-refractivity contribution in [2.75, 3.05) is 109 Å². The fraction of sp³-hybridized carbons (Fsp3) is 1.00. The number of ether oxygens (including phenoxy) is 8. The zero-order valence-electron chi connectivity index (χ0n) is 33.4. The molecule has 1 unspecified atom stereocenters. The van der Waals surface area contributed by atoms with Crippen LogP contribution in [-0.4, -0.2) is 115 Å². The van der Waals surface area contributed by atoms with E-state index in [1.165, 1.54) is 39.2 Å². The molecule has 0 N–H and O–H groups in total. The van der Waals surface area contributed by atoms with E-state index in [1.54, 1.807) is 35.5 Å². The van der Waals surface area contributed by atoms with Crippen molar-refractivity contribution in [3.05, 3.63) is 0 Å². The summed E-state index contributed by atoms with van der Waals surface area (Å²) in [6, 6.07) is 0. The van der Waals surface area contributed by atoms with E-state index >= 15 is 0 Å². The molecule has 0 fully saturated rings. The normalized spacial score (nSPS) is 12.1. The van der Waals surface area contributed by atoms with Gasteiger partial charge in [-0.15, -0.1) is 0 Å². The third kappa shape index (κ3) is 57.1. The van der Waals surface area contributed by atoms with Crippen LogP contribution >= 0.6 is 0 Å². The summed E-state index contributed by atoms with van der Waals surface area (Å²) in [6.07, 6.45) is 3.80. The predicted octanol–water partition coefficient (Wildman–Crippen LogP) is 10.5. The largest absolute Gasteiger partial charge is 0.411 e. The first-order valence-corrected chi connectivity index (χ1v) is 17.1. The maximum absolute atomic E-state index is 11.8. The average molecular weight is 729 g/mol. The van der Waals surface area contributed by atoms with Crippen LogP contribution in [0.3, 0.4) is 0 Å². The number of halogens is 3. The molecular formula is C38H87F3O8. The van der Waals surface area contributed by atoms with Gasteiger partial charge in [-0.3, -0.25) is 0 Å². The maximum Gasteiger partial charge on any atom is 0.411 e. The molecule has 0 aliphatic rings. The van der Waals surface area contributed by atoms with Crippen LogP contribution in [0.25, 0.3) is 0 Å². The smallest absolute Gasteiger partial charge is 0.385 e. The molecular weight excluding hydrogens is 641 g/mol. The van der Waals surface area contributed by atoms with Crippen molar-refractivity contribution >= 4 is 0 Å². The van der Waals surface area contributed by atoms with Crippen LogP contribution in [0.1, 0.15) is 122 Å². The molecule has 0 aromatic heterocycles. The van der Waals surface area contributed by atoms with Gasteiger partial charge in [0, 0.05) is 78.7 Å². The van der Waals surface area contributed by atoms with E-state index in [1.807, 2.05) is 20.8 Å². The molecule has 0 heterocycles. The number of unbranched alkanes of at least 4 members (excludes halogenated alkanes) is 3. The standard InChI is InChI=1S/C9H17F3O2.C8H18O2.C7H16O2.2C6H14O.2CH4/c1-4-8(2,5-13-3)6-14-7-9(10,11)12;1-5-8(2,6-9-3)7-10-4;1-7(2,5-8-3)6-9-4;1-3-4-5-6-7-2;1-3-5-6-7-4-2;;/h4-7H2,1-3H3;5-7H2,1-4H3;5-6H2,1-4H3;2*3-6H2,1-2H3;2*1H4. The predicted molar refractivity (Wildman–Crippen MR) is 203 cm³/mol. The van der Waals surface area contributed by atoms with Gasteiger partial charge in [-0.2, -0.15) is 13.2 Å². The second kappa shape index (κ2) is 43.6. The van der Waals surface area contributed by atoms with E-state index < -0.39 is 12.8 Å². The van der Waals surface area contributed by atoms with Gasteiger partial charge in [0.25, 0.3) is 0 Å². The van der Waals surface area contributed by atoms with Crippen LogP contribution < -0.4 is 0 Å². The quantitative estimate of drug-likeness (QED) is 0.0963. The minimum absolute atomic E-state index is 0. The van der Waals surface area contributed by atoms with Crippen molar-refractivity contribution in [1.29, 1.82) is 0 Å². The van der Waals surface area contributed by atoms with Crippen LogP contribution in [-0.2, 0) is 37.9 Å². The number of methoxy groups -OCH3 is 6. The fourth-order valence-electron chi connectivity index (χ4n) is 3.66. The van der Waals surface area contributed by atoms with Crippen LogP contribution in [0.4, 0.5) is 13.2 Å². The van der Waals surface area contributed by atoms with Gasteiger partial charge in [-0.1, -0.05) is 89.5 Å². The highest BCUT2D eigenvalue weighted by Gasteiger charge is 2.30. The molecule has 0 amide bonds. The first-order chi connectivity index (χ1) is 22.0. The third-order valence-corrected chi connectivity index (χ3v) is 6.77. The zero-order valence-corrected chi connectivity index (χ0v) is 33.4. The van der Waals surface area contributed by atoms with E-state index in [2.05, 4.69) is 46.3 Å². The molecule has 0 aromatic rings. The monoisotopic (exact) mass is 729 g/mol. The number of hydrogen-bond donors (Lipinski definition) is 0. The number of rotatable bonds is 23. The molecule has 49 heavy (non-hydrogen) atoms. The van der Waals surface area contributed by atoms with Gasteiger partial charge in [-0.25, -0.2) is 0 Å². The fourth-order valence-corrected chi connectivity index (χ4v) is 3.66. The van der Waals surface area contributed by atoms with E-state index in [4.69, 9.17) is 33.2 Å². The molecule has 0 spiro atoms. The van der Waals surface area contributed by atoms with Crippen molar-refractivity contribution in [2.24, 2.45) is 16.2 Å². The summed E-state index contributed by atoms with van der Waals surface area (Å²) in [6.45, 7) is 23.7. The first kappa shape index (κ1) is 63.5. The number of hydrogen-bond acceptors (Lipinski definition) is 8. The Kier molecular flexibility index (Phi) is 56.6. The van der Waals surface area contributed by atoms with E-state index in [0.29, 0.717) is 6.61 Å². The van der Waals surface area contributed by atoms with Gasteiger partial charge in [0.1, 0.15) is 6.61 Å². The van der Waals surface area contributed by atoms with Gasteiger partial charge in [0.2, 0.25) is 0 Å². The minimum Gasteiger partial charge on any atom is -0.385 e. The maximum atomic E-state index is 11.8. The third-order valence-electron chi connectivity index (χ3n) is 6.77. The first-order valence-electron chi connectivity index (χ1n) is 17.1. The van der Waals surface area contributed by atoms with Crippen molar-refractivity contribution in [3.63, 3.8) is 0 Å². The van der Waals surface area contributed by atoms with Crippen molar-refractivity contribution in [3.8, 4) is 0 Å². The lowest BCUT2D eigenvalue weighted by Crippen LogP contribution is -2.30. The highest BCUT2D eigenvalue weighted by Crippen LogP contribution is 2.23. The Hall–Kier alpha value is -0.530. The second-order valence-electron chi connectivity index (χ2n) is 13.0. The lowest BCUT2D eigenvalue weighted by Gasteiger charge is -2.27. The van der Waals surface area contributed by atoms with Gasteiger partial charge in [0.15, 0.2) is 0 Å². The molecule has 0 saturated heterocycles. The molecule has 0 aliphatic heterocycles. The zero-order chi connectivity index (χ0) is 37.7. The van der Waals surface area contributed by atoms with Crippen molar-refractivity contribution in [1.82, 2.24) is 0 Å². The van der Waals surface area contributed by atoms with Crippen LogP contribution in [0, 0.1) is 16.2 Å². The second-order valence-corrected chi connectivity index (χ2v) is 13.0. The Bertz CT molecular complexity index is 550. The Morgan fingerprint density at radius 2 is 0.816 bits per heavy atom. The van der Waals surface area contributed by atoms with Crippen molar-refractivity contribution in [2.45, 2.75) is 128 Å². The molecule has 0 aromatic carbocycles. The summed E-state index contributed by atoms with van der Waals surface area (Å²) in [5.74, 6) is 0. The molecule has 8 nitrogen and oxygen atoms in total. The summed E-state index contributed by atoms with van der Waals surface area (Å²) in [7, 11) is 10.1. The Labute approximate surface area is 304 Å². The van der Waals surface area contributed by atoms with Gasteiger partial charge in [0.05, 0.1) is 39.6 Å². The molecule has 11 heteroatoms. The molecule has 0 saturated carbocycles. The molecule has 0 aliphatic carbocycles. The summed E-state index contributed by atoms with van der Waals surface area (Å²) in [5.41, 5.74) is 0.0208. The summed E-state index contributed by atoms with van der Waals surface area (Å²) in [4.78, 5) is 0. The Balaban J connectivity index is -0.0000000914. The van der Waals surface area contributed by atoms with Crippen LogP contribution in [0.2, 0.25) is 0 Å². The molecule has 1 atom stereocenters. The molecule has 0 rings (SSSR count). The van der Waals surface area contributed by atoms with Gasteiger partial charge in [-0.05, 0) is 32.6 Å². The topological polar surface area (TPSA) is 73.8 Å². The van der Waals surface area contributed by atoms with E-state index in [9.17, 15) is 13.2 Å². The van der Waals surface area contributed by atoms with Crippen LogP contribution in [0.5, 0.6) is 0 Å². The molecule has 308 valence electrons. The summed E-state index contributed by atoms with van der Waals surface area (Å²) < 4.78 is 74.8. The minimum atomic E-state index is -4.25. The summed E-state index contributed by atoms with van der Waals surface area (Å²) in [5, 5.41) is 0. The lowest BCUT2D eigenvalue weighted by atomic mass is 9.90. The average Bonchev–Trinajstić information content (AvgIpc) is 2.99. The van der Waals surface area contributed by atoms with Crippen LogP contribution in [0.15, 0.2) is 0 Å². The number of alkyl halides is 3. The molecule has 0 bridgehead atoms. The van der Waals surface area contributed by atoms with Gasteiger partial charge >= 0.3 is 6.18 Å². The van der Waals surface area contributed by atoms with Crippen molar-refractivity contribution < 1.29 is 51.1 Å². The lowest BCUT2D eigenvalue weighted by molar-refractivity contribution is -0.182. The molecule has 0 radical (unpaired) electrons. The summed E-state index contributed by atoms with van der Waals surface area (Å²) >= 11 is 0. The highest BCUT2D eigenvalue weighted by molar-refractivity contribution is 4.72. The van der Waals surface area contributed by atoms with E-state index in [-0.39, 0.29) is 37.7 Å². The van der Waals surface area contributed by atoms with Gasteiger partial charge < -0.3 is 37.9 Å². The Morgan fingerprint density at radius 1 is 0.429 bits per heavy atom. The SMILES string of the molecule is C.C.CCC(C)(COC)COC.CCC(C)(COC)COCC(F)(F)F.CCCCCOC.CCCCOCC.COCC(C)(C)COC. The highest BCUT2D eigenvalue weighted by atomic mass is 19.4.